The normalized spacial score (nSPS) is 10.2. The maximum absolute atomic E-state index is 11.8. The molecule has 0 saturated carbocycles. The van der Waals surface area contributed by atoms with Crippen molar-refractivity contribution in [2.45, 2.75) is 4.90 Å². The predicted octanol–water partition coefficient (Wildman–Crippen LogP) is 1.88. The fourth-order valence-corrected chi connectivity index (χ4v) is 2.82. The standard InChI is InChI=1S/C14H15N5O2S2.ClH/c15-13(16)19-23(20,21)12-8-6-11(7-9-12)18-14(22)17-10-4-2-1-3-5-10;/h1-9H,(H4,15,16,19)(H2,17,18,22);1H. The molecule has 2 aromatic carbocycles. The molecule has 0 amide bonds. The third kappa shape index (κ3) is 5.69. The van der Waals surface area contributed by atoms with E-state index in [1.807, 2.05) is 30.3 Å². The fourth-order valence-electron chi connectivity index (χ4n) is 1.72. The summed E-state index contributed by atoms with van der Waals surface area (Å²) < 4.78 is 26.8. The van der Waals surface area contributed by atoms with Crippen LogP contribution in [0.25, 0.3) is 0 Å². The molecular formula is C14H16ClN5O2S2. The molecule has 0 aliphatic carbocycles. The maximum Gasteiger partial charge on any atom is 0.285 e. The van der Waals surface area contributed by atoms with Crippen molar-refractivity contribution in [3.63, 3.8) is 0 Å². The zero-order valence-corrected chi connectivity index (χ0v) is 14.8. The number of nitrogens with two attached hydrogens (primary N) is 2. The van der Waals surface area contributed by atoms with Crippen LogP contribution in [0.15, 0.2) is 63.9 Å². The minimum absolute atomic E-state index is 0. The van der Waals surface area contributed by atoms with Gasteiger partial charge in [-0.3, -0.25) is 0 Å². The van der Waals surface area contributed by atoms with Gasteiger partial charge in [-0.15, -0.1) is 16.8 Å². The van der Waals surface area contributed by atoms with Crippen molar-refractivity contribution >= 4 is 57.1 Å². The molecule has 0 atom stereocenters. The molecule has 10 heteroatoms. The number of hydrogen-bond donors (Lipinski definition) is 4. The molecule has 6 N–H and O–H groups in total. The van der Waals surface area contributed by atoms with Gasteiger partial charge in [0.15, 0.2) is 5.11 Å². The van der Waals surface area contributed by atoms with E-state index in [9.17, 15) is 8.42 Å². The second kappa shape index (κ2) is 8.48. The number of nitrogens with one attached hydrogen (secondary N) is 2. The number of guanidine groups is 1. The van der Waals surface area contributed by atoms with Crippen molar-refractivity contribution in [2.24, 2.45) is 15.9 Å². The molecule has 0 aromatic heterocycles. The molecule has 0 aliphatic rings. The van der Waals surface area contributed by atoms with Crippen molar-refractivity contribution in [3.05, 3.63) is 54.6 Å². The van der Waals surface area contributed by atoms with Gasteiger partial charge in [-0.2, -0.15) is 8.42 Å². The predicted molar refractivity (Wildman–Crippen MR) is 103 cm³/mol. The first kappa shape index (κ1) is 19.7. The monoisotopic (exact) mass is 385 g/mol. The van der Waals surface area contributed by atoms with Crippen LogP contribution in [-0.2, 0) is 10.0 Å². The van der Waals surface area contributed by atoms with E-state index in [-0.39, 0.29) is 17.3 Å². The summed E-state index contributed by atoms with van der Waals surface area (Å²) in [6.07, 6.45) is 0. The highest BCUT2D eigenvalue weighted by Crippen LogP contribution is 2.16. The smallest absolute Gasteiger partial charge is 0.285 e. The van der Waals surface area contributed by atoms with Crippen molar-refractivity contribution < 1.29 is 8.42 Å². The molecular weight excluding hydrogens is 370 g/mol. The Morgan fingerprint density at radius 1 is 0.917 bits per heavy atom. The highest BCUT2D eigenvalue weighted by atomic mass is 35.5. The molecule has 0 saturated heterocycles. The van der Waals surface area contributed by atoms with Gasteiger partial charge in [0.1, 0.15) is 0 Å². The number of para-hydroxylation sites is 1. The zero-order chi connectivity index (χ0) is 16.9. The first-order valence-electron chi connectivity index (χ1n) is 6.46. The fraction of sp³-hybridized carbons (Fsp3) is 0. The second-order valence-corrected chi connectivity index (χ2v) is 6.47. The van der Waals surface area contributed by atoms with Crippen LogP contribution in [0.5, 0.6) is 0 Å². The lowest BCUT2D eigenvalue weighted by Gasteiger charge is -2.10. The number of sulfonamides is 1. The van der Waals surface area contributed by atoms with E-state index in [2.05, 4.69) is 15.0 Å². The average molecular weight is 386 g/mol. The van der Waals surface area contributed by atoms with Crippen LogP contribution in [-0.4, -0.2) is 19.5 Å². The van der Waals surface area contributed by atoms with E-state index in [1.165, 1.54) is 12.1 Å². The van der Waals surface area contributed by atoms with Gasteiger partial charge in [0.05, 0.1) is 4.90 Å². The third-order valence-corrected chi connectivity index (χ3v) is 4.19. The maximum atomic E-state index is 11.8. The van der Waals surface area contributed by atoms with Crippen LogP contribution in [0.3, 0.4) is 0 Å². The van der Waals surface area contributed by atoms with Gasteiger partial charge in [-0.05, 0) is 48.6 Å². The van der Waals surface area contributed by atoms with Gasteiger partial charge in [0.25, 0.3) is 10.0 Å². The van der Waals surface area contributed by atoms with Gasteiger partial charge in [-0.25, -0.2) is 0 Å². The Balaban J connectivity index is 0.00000288. The molecule has 24 heavy (non-hydrogen) atoms. The first-order chi connectivity index (χ1) is 10.9. The molecule has 7 nitrogen and oxygen atoms in total. The zero-order valence-electron chi connectivity index (χ0n) is 12.3. The van der Waals surface area contributed by atoms with E-state index in [0.717, 1.165) is 5.69 Å². The van der Waals surface area contributed by atoms with Crippen LogP contribution in [0.4, 0.5) is 11.4 Å². The lowest BCUT2D eigenvalue weighted by Crippen LogP contribution is -2.24. The lowest BCUT2D eigenvalue weighted by atomic mass is 10.3. The average Bonchev–Trinajstić information content (AvgIpc) is 2.47. The number of anilines is 2. The molecule has 0 heterocycles. The SMILES string of the molecule is Cl.NC(N)=NS(=O)(=O)c1ccc(NC(=S)Nc2ccccc2)cc1. The Morgan fingerprint density at radius 2 is 1.42 bits per heavy atom. The highest BCUT2D eigenvalue weighted by molar-refractivity contribution is 7.90. The van der Waals surface area contributed by atoms with Crippen LogP contribution < -0.4 is 22.1 Å². The van der Waals surface area contributed by atoms with Crippen molar-refractivity contribution in [1.29, 1.82) is 0 Å². The lowest BCUT2D eigenvalue weighted by molar-refractivity contribution is 0.598. The van der Waals surface area contributed by atoms with E-state index in [0.29, 0.717) is 10.8 Å². The summed E-state index contributed by atoms with van der Waals surface area (Å²) in [7, 11) is -3.89. The van der Waals surface area contributed by atoms with E-state index >= 15 is 0 Å². The Bertz CT molecular complexity index is 820. The summed E-state index contributed by atoms with van der Waals surface area (Å²) in [5, 5.41) is 6.34. The molecule has 0 aliphatic heterocycles. The van der Waals surface area contributed by atoms with Gasteiger partial charge < -0.3 is 22.1 Å². The van der Waals surface area contributed by atoms with Crippen molar-refractivity contribution in [2.75, 3.05) is 10.6 Å². The quantitative estimate of drug-likeness (QED) is 0.360. The number of thiocarbonyl (C=S) groups is 1. The summed E-state index contributed by atoms with van der Waals surface area (Å²) in [4.78, 5) is -0.0154. The summed E-state index contributed by atoms with van der Waals surface area (Å²) >= 11 is 5.19. The van der Waals surface area contributed by atoms with E-state index < -0.39 is 16.0 Å². The Morgan fingerprint density at radius 3 is 1.92 bits per heavy atom. The summed E-state index contributed by atoms with van der Waals surface area (Å²) in [6, 6.07) is 15.3. The van der Waals surface area contributed by atoms with Crippen molar-refractivity contribution in [3.8, 4) is 0 Å². The summed E-state index contributed by atoms with van der Waals surface area (Å²) in [5.74, 6) is -0.513. The highest BCUT2D eigenvalue weighted by Gasteiger charge is 2.12. The van der Waals surface area contributed by atoms with Gasteiger partial charge >= 0.3 is 0 Å². The van der Waals surface area contributed by atoms with E-state index in [4.69, 9.17) is 23.7 Å². The molecule has 0 fully saturated rings. The number of nitrogens with zero attached hydrogens (tertiary/aromatic N) is 1. The molecule has 0 unspecified atom stereocenters. The Labute approximate surface area is 151 Å². The van der Waals surface area contributed by atoms with Crippen molar-refractivity contribution in [1.82, 2.24) is 0 Å². The number of halogens is 1. The van der Waals surface area contributed by atoms with Gasteiger partial charge in [0, 0.05) is 11.4 Å². The van der Waals surface area contributed by atoms with Crippen LogP contribution in [0.1, 0.15) is 0 Å². The third-order valence-electron chi connectivity index (χ3n) is 2.67. The molecule has 128 valence electrons. The molecule has 2 aromatic rings. The van der Waals surface area contributed by atoms with Crippen LogP contribution >= 0.6 is 24.6 Å². The minimum Gasteiger partial charge on any atom is -0.369 e. The minimum atomic E-state index is -3.89. The van der Waals surface area contributed by atoms with E-state index in [1.54, 1.807) is 12.1 Å². The van der Waals surface area contributed by atoms with Gasteiger partial charge in [0.2, 0.25) is 5.96 Å². The molecule has 2 rings (SSSR count). The number of hydrogen-bond acceptors (Lipinski definition) is 3. The molecule has 0 bridgehead atoms. The number of benzene rings is 2. The van der Waals surface area contributed by atoms with Crippen LogP contribution in [0.2, 0.25) is 0 Å². The topological polar surface area (TPSA) is 123 Å². The van der Waals surface area contributed by atoms with Gasteiger partial charge in [-0.1, -0.05) is 18.2 Å². The largest absolute Gasteiger partial charge is 0.369 e. The Kier molecular flexibility index (Phi) is 6.96. The van der Waals surface area contributed by atoms with Crippen LogP contribution in [0, 0.1) is 0 Å². The molecule has 0 spiro atoms. The molecule has 0 radical (unpaired) electrons. The second-order valence-electron chi connectivity index (χ2n) is 4.46. The Hall–Kier alpha value is -2.36. The summed E-state index contributed by atoms with van der Waals surface area (Å²) in [5.41, 5.74) is 11.7. The number of rotatable bonds is 4. The first-order valence-corrected chi connectivity index (χ1v) is 8.31. The summed E-state index contributed by atoms with van der Waals surface area (Å²) in [6.45, 7) is 0.